The van der Waals surface area contributed by atoms with Gasteiger partial charge in [-0.15, -0.1) is 0 Å². The van der Waals surface area contributed by atoms with Gasteiger partial charge in [-0.05, 0) is 61.7 Å². The predicted molar refractivity (Wildman–Crippen MR) is 163 cm³/mol. The van der Waals surface area contributed by atoms with Gasteiger partial charge in [0.1, 0.15) is 11.4 Å². The third-order valence-corrected chi connectivity index (χ3v) is 7.59. The van der Waals surface area contributed by atoms with E-state index in [2.05, 4.69) is 51.5 Å². The van der Waals surface area contributed by atoms with Crippen molar-refractivity contribution in [3.05, 3.63) is 95.9 Å². The molecule has 1 aliphatic rings. The average Bonchev–Trinajstić information content (AvgIpc) is 3.59. The fraction of sp³-hybridized carbons (Fsp3) is 0.250. The molecule has 3 N–H and O–H groups in total. The number of carbonyl (C=O) groups excluding carboxylic acids is 1. The first-order chi connectivity index (χ1) is 20.9. The summed E-state index contributed by atoms with van der Waals surface area (Å²) in [7, 11) is 0. The number of aliphatic hydroxyl groups is 1. The van der Waals surface area contributed by atoms with Crippen LogP contribution in [0.4, 0.5) is 17.5 Å². The maximum atomic E-state index is 13.1. The molecule has 0 saturated carbocycles. The molecule has 0 fully saturated rings. The summed E-state index contributed by atoms with van der Waals surface area (Å²) in [6, 6.07) is 18.5. The second kappa shape index (κ2) is 11.6. The highest BCUT2D eigenvalue weighted by molar-refractivity contribution is 6.00. The van der Waals surface area contributed by atoms with E-state index in [1.807, 2.05) is 59.5 Å². The summed E-state index contributed by atoms with van der Waals surface area (Å²) in [6.45, 7) is 6.70. The van der Waals surface area contributed by atoms with Crippen LogP contribution in [0.1, 0.15) is 54.7 Å². The van der Waals surface area contributed by atoms with E-state index in [0.717, 1.165) is 23.2 Å². The lowest BCUT2D eigenvalue weighted by Gasteiger charge is -2.32. The number of nitrogens with zero attached hydrogens (tertiary/aromatic N) is 6. The van der Waals surface area contributed by atoms with Crippen molar-refractivity contribution < 1.29 is 14.4 Å². The van der Waals surface area contributed by atoms with Crippen LogP contribution in [-0.2, 0) is 5.54 Å². The Morgan fingerprint density at radius 3 is 2.60 bits per heavy atom. The number of benzene rings is 2. The van der Waals surface area contributed by atoms with Gasteiger partial charge < -0.3 is 25.2 Å². The number of fused-ring (bicyclic) bond motifs is 1. The molecule has 11 nitrogen and oxygen atoms in total. The van der Waals surface area contributed by atoms with Crippen LogP contribution in [-0.4, -0.2) is 54.2 Å². The van der Waals surface area contributed by atoms with E-state index in [4.69, 9.17) is 9.51 Å². The first-order valence-electron chi connectivity index (χ1n) is 14.2. The molecule has 1 amide bonds. The Balaban J connectivity index is 1.35. The zero-order chi connectivity index (χ0) is 30.0. The average molecular weight is 577 g/mol. The number of carbonyl (C=O) groups is 1. The molecule has 3 aromatic heterocycles. The Labute approximate surface area is 249 Å². The Bertz CT molecular complexity index is 1740. The summed E-state index contributed by atoms with van der Waals surface area (Å²) < 4.78 is 5.61. The number of anilines is 3. The highest BCUT2D eigenvalue weighted by Crippen LogP contribution is 2.40. The van der Waals surface area contributed by atoms with Gasteiger partial charge in [-0.1, -0.05) is 42.4 Å². The number of hydrogen-bond donors (Lipinski definition) is 3. The summed E-state index contributed by atoms with van der Waals surface area (Å²) in [5.41, 5.74) is 4.02. The van der Waals surface area contributed by atoms with E-state index in [1.54, 1.807) is 24.7 Å². The molecule has 0 radical (unpaired) electrons. The van der Waals surface area contributed by atoms with Crippen molar-refractivity contribution in [1.29, 1.82) is 0 Å². The first-order valence-corrected chi connectivity index (χ1v) is 14.2. The Morgan fingerprint density at radius 1 is 1.02 bits per heavy atom. The van der Waals surface area contributed by atoms with Crippen molar-refractivity contribution in [2.45, 2.75) is 38.8 Å². The standard InChI is InChI=1S/C32H32N8O3/c1-4-15-40-30(42)23-13-12-22(16-25(23)32(40,2)3)35-31-34-18-24(29-37-27(39-43-29)21-11-8-14-33-17-21)28(38-31)36-26(19-41)20-9-6-5-7-10-20/h5-14,16-18,26,41H,4,15,19H2,1-3H3,(H2,34,35,36,38)/t26-/m1/s1. The van der Waals surface area contributed by atoms with Crippen molar-refractivity contribution in [1.82, 2.24) is 30.0 Å². The van der Waals surface area contributed by atoms with Crippen LogP contribution >= 0.6 is 0 Å². The maximum Gasteiger partial charge on any atom is 0.263 e. The van der Waals surface area contributed by atoms with Gasteiger partial charge in [0.05, 0.1) is 18.2 Å². The molecule has 4 heterocycles. The fourth-order valence-electron chi connectivity index (χ4n) is 5.33. The summed E-state index contributed by atoms with van der Waals surface area (Å²) in [6.07, 6.45) is 5.81. The minimum Gasteiger partial charge on any atom is -0.394 e. The van der Waals surface area contributed by atoms with Gasteiger partial charge >= 0.3 is 0 Å². The normalized spacial score (nSPS) is 14.4. The van der Waals surface area contributed by atoms with E-state index in [-0.39, 0.29) is 18.4 Å². The number of pyridine rings is 1. The van der Waals surface area contributed by atoms with Crippen molar-refractivity contribution in [2.75, 3.05) is 23.8 Å². The Morgan fingerprint density at radius 2 is 1.86 bits per heavy atom. The summed E-state index contributed by atoms with van der Waals surface area (Å²) in [5.74, 6) is 1.35. The number of amides is 1. The van der Waals surface area contributed by atoms with Crippen LogP contribution in [0.25, 0.3) is 22.8 Å². The zero-order valence-corrected chi connectivity index (χ0v) is 24.2. The molecule has 0 unspecified atom stereocenters. The van der Waals surface area contributed by atoms with Gasteiger partial charge in [0, 0.05) is 41.9 Å². The van der Waals surface area contributed by atoms with Crippen LogP contribution in [0.2, 0.25) is 0 Å². The van der Waals surface area contributed by atoms with Crippen molar-refractivity contribution in [3.8, 4) is 22.8 Å². The molecule has 2 aromatic carbocycles. The summed E-state index contributed by atoms with van der Waals surface area (Å²) >= 11 is 0. The van der Waals surface area contributed by atoms with Crippen LogP contribution in [0, 0.1) is 0 Å². The van der Waals surface area contributed by atoms with Crippen LogP contribution in [0.3, 0.4) is 0 Å². The largest absolute Gasteiger partial charge is 0.394 e. The van der Waals surface area contributed by atoms with E-state index < -0.39 is 11.6 Å². The minimum atomic E-state index is -0.459. The monoisotopic (exact) mass is 576 g/mol. The van der Waals surface area contributed by atoms with Gasteiger partial charge in [-0.25, -0.2) is 4.98 Å². The highest BCUT2D eigenvalue weighted by Gasteiger charge is 2.42. The molecule has 218 valence electrons. The lowest BCUT2D eigenvalue weighted by molar-refractivity contribution is 0.0619. The second-order valence-corrected chi connectivity index (χ2v) is 10.8. The van der Waals surface area contributed by atoms with Gasteiger partial charge in [0.15, 0.2) is 0 Å². The van der Waals surface area contributed by atoms with E-state index in [9.17, 15) is 9.90 Å². The molecule has 1 atom stereocenters. The molecule has 0 bridgehead atoms. The third-order valence-electron chi connectivity index (χ3n) is 7.59. The molecule has 1 aliphatic heterocycles. The predicted octanol–water partition coefficient (Wildman–Crippen LogP) is 5.58. The van der Waals surface area contributed by atoms with E-state index in [0.29, 0.717) is 40.8 Å². The number of rotatable bonds is 10. The molecule has 43 heavy (non-hydrogen) atoms. The Hall–Kier alpha value is -5.16. The second-order valence-electron chi connectivity index (χ2n) is 10.8. The third kappa shape index (κ3) is 5.42. The topological polar surface area (TPSA) is 142 Å². The molecule has 5 aromatic rings. The van der Waals surface area contributed by atoms with Gasteiger partial charge in [-0.2, -0.15) is 9.97 Å². The van der Waals surface area contributed by atoms with Crippen molar-refractivity contribution in [2.24, 2.45) is 0 Å². The van der Waals surface area contributed by atoms with Crippen LogP contribution in [0.15, 0.2) is 83.8 Å². The van der Waals surface area contributed by atoms with Gasteiger partial charge in [0.2, 0.25) is 11.8 Å². The fourth-order valence-corrected chi connectivity index (χ4v) is 5.33. The molecule has 0 saturated heterocycles. The molecule has 0 aliphatic carbocycles. The molecule has 6 rings (SSSR count). The van der Waals surface area contributed by atoms with E-state index >= 15 is 0 Å². The number of hydrogen-bond acceptors (Lipinski definition) is 10. The summed E-state index contributed by atoms with van der Waals surface area (Å²) in [5, 5.41) is 21.0. The molecule has 0 spiro atoms. The van der Waals surface area contributed by atoms with Gasteiger partial charge in [-0.3, -0.25) is 9.78 Å². The van der Waals surface area contributed by atoms with Gasteiger partial charge in [0.25, 0.3) is 11.8 Å². The van der Waals surface area contributed by atoms with Crippen LogP contribution < -0.4 is 10.6 Å². The lowest BCUT2D eigenvalue weighted by Crippen LogP contribution is -2.39. The zero-order valence-electron chi connectivity index (χ0n) is 24.2. The Kier molecular flexibility index (Phi) is 7.56. The number of nitrogens with one attached hydrogen (secondary N) is 2. The molecular weight excluding hydrogens is 544 g/mol. The molecule has 11 heteroatoms. The number of aromatic nitrogens is 5. The van der Waals surface area contributed by atoms with Crippen molar-refractivity contribution >= 4 is 23.4 Å². The number of aliphatic hydroxyl groups excluding tert-OH is 1. The van der Waals surface area contributed by atoms with Crippen LogP contribution in [0.5, 0.6) is 0 Å². The first kappa shape index (κ1) is 28.0. The summed E-state index contributed by atoms with van der Waals surface area (Å²) in [4.78, 5) is 33.0. The molecular formula is C32H32N8O3. The SMILES string of the molecule is CCCN1C(=O)c2ccc(Nc3ncc(-c4nc(-c5cccnc5)no4)c(N[C@H](CO)c4ccccc4)n3)cc2C1(C)C. The lowest BCUT2D eigenvalue weighted by atomic mass is 9.93. The quantitative estimate of drug-likeness (QED) is 0.193. The minimum absolute atomic E-state index is 0.0432. The highest BCUT2D eigenvalue weighted by atomic mass is 16.5. The van der Waals surface area contributed by atoms with E-state index in [1.165, 1.54) is 0 Å². The smallest absolute Gasteiger partial charge is 0.263 e. The van der Waals surface area contributed by atoms with Crippen molar-refractivity contribution in [3.63, 3.8) is 0 Å². The maximum absolute atomic E-state index is 13.1.